The highest BCUT2D eigenvalue weighted by molar-refractivity contribution is 8.26. The van der Waals surface area contributed by atoms with Gasteiger partial charge in [0.25, 0.3) is 11.6 Å². The Labute approximate surface area is 178 Å². The summed E-state index contributed by atoms with van der Waals surface area (Å²) >= 11 is 12.1. The maximum Gasteiger partial charge on any atom is 0.326 e. The minimum atomic E-state index is -1.40. The minimum absolute atomic E-state index is 0.0150. The van der Waals surface area contributed by atoms with Crippen LogP contribution in [0.2, 0.25) is 0 Å². The van der Waals surface area contributed by atoms with E-state index in [1.807, 2.05) is 0 Å². The van der Waals surface area contributed by atoms with Gasteiger partial charge in [-0.05, 0) is 36.3 Å². The van der Waals surface area contributed by atoms with Gasteiger partial charge in [-0.3, -0.25) is 24.6 Å². The lowest BCUT2D eigenvalue weighted by molar-refractivity contribution is -0.384. The van der Waals surface area contributed by atoms with Crippen LogP contribution in [-0.2, 0) is 14.4 Å². The lowest BCUT2D eigenvalue weighted by atomic mass is 10.1. The number of nitrogens with zero attached hydrogens (tertiary/aromatic N) is 2. The number of benzene rings is 1. The molecule has 1 aromatic rings. The molecule has 1 aromatic carbocycles. The van der Waals surface area contributed by atoms with Crippen molar-refractivity contribution in [2.45, 2.75) is 18.9 Å². The van der Waals surface area contributed by atoms with Gasteiger partial charge in [-0.2, -0.15) is 0 Å². The van der Waals surface area contributed by atoms with Gasteiger partial charge < -0.3 is 10.2 Å². The summed E-state index contributed by atoms with van der Waals surface area (Å²) in [6, 6.07) is 4.16. The number of rotatable bonds is 8. The van der Waals surface area contributed by atoms with Crippen molar-refractivity contribution in [3.05, 3.63) is 56.0 Å². The molecule has 1 saturated heterocycles. The maximum absolute atomic E-state index is 12.6. The fourth-order valence-corrected chi connectivity index (χ4v) is 4.04. The van der Waals surface area contributed by atoms with Crippen LogP contribution in [0.25, 0.3) is 6.08 Å². The van der Waals surface area contributed by atoms with Gasteiger partial charge in [0.1, 0.15) is 10.4 Å². The normalized spacial score (nSPS) is 16.9. The first-order chi connectivity index (χ1) is 13.6. The number of non-ortho nitro benzene ring substituents is 1. The molecule has 1 amide bonds. The Balaban J connectivity index is 2.22. The molecule has 1 aliphatic heterocycles. The van der Waals surface area contributed by atoms with E-state index in [1.165, 1.54) is 36.4 Å². The van der Waals surface area contributed by atoms with Crippen LogP contribution in [0.4, 0.5) is 5.69 Å². The molecular formula is C17H13ClN2O7S2. The molecule has 152 valence electrons. The summed E-state index contributed by atoms with van der Waals surface area (Å²) in [7, 11) is 0. The van der Waals surface area contributed by atoms with Crippen molar-refractivity contribution in [2.24, 2.45) is 0 Å². The molecule has 0 aromatic heterocycles. The molecule has 0 aliphatic carbocycles. The van der Waals surface area contributed by atoms with Crippen LogP contribution in [0.15, 0.2) is 40.3 Å². The van der Waals surface area contributed by atoms with E-state index in [9.17, 15) is 29.6 Å². The molecule has 29 heavy (non-hydrogen) atoms. The highest BCUT2D eigenvalue weighted by atomic mass is 35.5. The predicted octanol–water partition coefficient (Wildman–Crippen LogP) is 3.24. The molecule has 0 unspecified atom stereocenters. The third kappa shape index (κ3) is 5.86. The van der Waals surface area contributed by atoms with E-state index >= 15 is 0 Å². The number of hydrogen-bond donors (Lipinski definition) is 2. The summed E-state index contributed by atoms with van der Waals surface area (Å²) in [5, 5.41) is 28.9. The largest absolute Gasteiger partial charge is 0.481 e. The first-order valence-corrected chi connectivity index (χ1v) is 9.53. The zero-order chi connectivity index (χ0) is 21.7. The van der Waals surface area contributed by atoms with E-state index in [0.717, 1.165) is 16.7 Å². The maximum atomic E-state index is 12.6. The molecule has 1 heterocycles. The van der Waals surface area contributed by atoms with E-state index < -0.39 is 35.2 Å². The SMILES string of the molecule is O=C(O)CC[C@@H](C(=O)O)N1C(=O)/C(=C\C(Cl)=C/c2ccc([N+](=O)[O-])cc2)SC1=S. The Hall–Kier alpha value is -2.76. The molecule has 1 aliphatic rings. The number of halogens is 1. The van der Waals surface area contributed by atoms with E-state index in [2.05, 4.69) is 0 Å². The molecule has 0 bridgehead atoms. The molecule has 12 heteroatoms. The van der Waals surface area contributed by atoms with E-state index in [1.54, 1.807) is 0 Å². The van der Waals surface area contributed by atoms with Crippen LogP contribution in [0.1, 0.15) is 18.4 Å². The van der Waals surface area contributed by atoms with E-state index in [4.69, 9.17) is 28.9 Å². The average molecular weight is 457 g/mol. The number of nitro benzene ring substituents is 1. The second-order valence-corrected chi connectivity index (χ2v) is 7.83. The molecule has 2 rings (SSSR count). The number of carbonyl (C=O) groups is 3. The number of nitro groups is 1. The zero-order valence-electron chi connectivity index (χ0n) is 14.5. The fraction of sp³-hybridized carbons (Fsp3) is 0.176. The first-order valence-electron chi connectivity index (χ1n) is 7.93. The Morgan fingerprint density at radius 1 is 1.31 bits per heavy atom. The van der Waals surface area contributed by atoms with Gasteiger partial charge in [0, 0.05) is 23.6 Å². The van der Waals surface area contributed by atoms with E-state index in [0.29, 0.717) is 5.56 Å². The highest BCUT2D eigenvalue weighted by Crippen LogP contribution is 2.35. The summed E-state index contributed by atoms with van der Waals surface area (Å²) in [5.41, 5.74) is 0.470. The van der Waals surface area contributed by atoms with Gasteiger partial charge in [0.05, 0.1) is 9.83 Å². The van der Waals surface area contributed by atoms with Gasteiger partial charge in [-0.15, -0.1) is 0 Å². The Morgan fingerprint density at radius 3 is 2.45 bits per heavy atom. The predicted molar refractivity (Wildman–Crippen MR) is 110 cm³/mol. The van der Waals surface area contributed by atoms with Gasteiger partial charge in [-0.1, -0.05) is 35.6 Å². The summed E-state index contributed by atoms with van der Waals surface area (Å²) in [4.78, 5) is 45.9. The minimum Gasteiger partial charge on any atom is -0.481 e. The van der Waals surface area contributed by atoms with Gasteiger partial charge in [0.15, 0.2) is 0 Å². The number of carboxylic acid groups (broad SMARTS) is 2. The lowest BCUT2D eigenvalue weighted by Crippen LogP contribution is -2.44. The average Bonchev–Trinajstić information content (AvgIpc) is 2.89. The smallest absolute Gasteiger partial charge is 0.326 e. The number of carboxylic acids is 2. The van der Waals surface area contributed by atoms with Crippen molar-refractivity contribution in [1.29, 1.82) is 0 Å². The zero-order valence-corrected chi connectivity index (χ0v) is 16.9. The standard InChI is InChI=1S/C17H13ClN2O7S2/c18-10(7-9-1-3-11(4-2-9)20(26)27)8-13-15(23)19(17(28)29-13)12(16(24)25)5-6-14(21)22/h1-4,7-8,12H,5-6H2,(H,21,22)(H,24,25)/b10-7+,13-8+/t12-/m0/s1. The van der Waals surface area contributed by atoms with Crippen molar-refractivity contribution in [2.75, 3.05) is 0 Å². The van der Waals surface area contributed by atoms with Crippen molar-refractivity contribution in [1.82, 2.24) is 4.90 Å². The molecule has 0 radical (unpaired) electrons. The number of thiocarbonyl (C=S) groups is 1. The summed E-state index contributed by atoms with van der Waals surface area (Å²) in [6.45, 7) is 0. The molecule has 1 fully saturated rings. The lowest BCUT2D eigenvalue weighted by Gasteiger charge is -2.22. The Kier molecular flexibility index (Phi) is 7.48. The van der Waals surface area contributed by atoms with Crippen LogP contribution in [-0.4, -0.2) is 48.2 Å². The number of hydrogen-bond acceptors (Lipinski definition) is 7. The second-order valence-electron chi connectivity index (χ2n) is 5.72. The fourth-order valence-electron chi connectivity index (χ4n) is 2.39. The van der Waals surface area contributed by atoms with Crippen molar-refractivity contribution < 1.29 is 29.5 Å². The third-order valence-corrected chi connectivity index (χ3v) is 5.28. The van der Waals surface area contributed by atoms with Crippen LogP contribution in [0.5, 0.6) is 0 Å². The number of carbonyl (C=O) groups excluding carboxylic acids is 1. The third-order valence-electron chi connectivity index (χ3n) is 3.73. The molecule has 0 saturated carbocycles. The Bertz CT molecular complexity index is 944. The van der Waals surface area contributed by atoms with Gasteiger partial charge in [-0.25, -0.2) is 4.79 Å². The van der Waals surface area contributed by atoms with Crippen molar-refractivity contribution >= 4 is 69.5 Å². The first kappa shape index (κ1) is 22.5. The Morgan fingerprint density at radius 2 is 1.93 bits per heavy atom. The van der Waals surface area contributed by atoms with Crippen LogP contribution >= 0.6 is 35.6 Å². The van der Waals surface area contributed by atoms with Crippen LogP contribution < -0.4 is 0 Å². The summed E-state index contributed by atoms with van der Waals surface area (Å²) < 4.78 is -0.0150. The highest BCUT2D eigenvalue weighted by Gasteiger charge is 2.40. The van der Waals surface area contributed by atoms with Gasteiger partial charge >= 0.3 is 11.9 Å². The quantitative estimate of drug-likeness (QED) is 0.261. The number of thioether (sulfide) groups is 1. The number of allylic oxidation sites excluding steroid dienone is 2. The molecule has 0 spiro atoms. The van der Waals surface area contributed by atoms with Gasteiger partial charge in [0.2, 0.25) is 0 Å². The molecule has 1 atom stereocenters. The van der Waals surface area contributed by atoms with Crippen LogP contribution in [0.3, 0.4) is 0 Å². The molecule has 9 nitrogen and oxygen atoms in total. The molecule has 2 N–H and O–H groups in total. The van der Waals surface area contributed by atoms with E-state index in [-0.39, 0.29) is 26.4 Å². The molecular weight excluding hydrogens is 444 g/mol. The summed E-state index contributed by atoms with van der Waals surface area (Å²) in [6.07, 6.45) is 2.04. The number of aliphatic carboxylic acids is 2. The monoisotopic (exact) mass is 456 g/mol. The van der Waals surface area contributed by atoms with Crippen molar-refractivity contribution in [3.63, 3.8) is 0 Å². The topological polar surface area (TPSA) is 138 Å². The second kappa shape index (κ2) is 9.63. The number of amides is 1. The van der Waals surface area contributed by atoms with Crippen molar-refractivity contribution in [3.8, 4) is 0 Å². The summed E-state index contributed by atoms with van der Waals surface area (Å²) in [5.74, 6) is -3.24. The van der Waals surface area contributed by atoms with Crippen LogP contribution in [0, 0.1) is 10.1 Å².